The summed E-state index contributed by atoms with van der Waals surface area (Å²) >= 11 is 2.06. The minimum atomic E-state index is -0.420. The van der Waals surface area contributed by atoms with Crippen LogP contribution in [0.1, 0.15) is 59.3 Å². The Morgan fingerprint density at radius 3 is 2.38 bits per heavy atom. The highest BCUT2D eigenvalue weighted by molar-refractivity contribution is 7.99. The first-order chi connectivity index (χ1) is 9.92. The molecule has 2 unspecified atom stereocenters. The van der Waals surface area contributed by atoms with Crippen LogP contribution < -0.4 is 10.6 Å². The van der Waals surface area contributed by atoms with Crippen LogP contribution in [0.3, 0.4) is 0 Å². The smallest absolute Gasteiger partial charge is 0.407 e. The zero-order chi connectivity index (χ0) is 15.3. The van der Waals surface area contributed by atoms with E-state index in [2.05, 4.69) is 22.4 Å². The standard InChI is InChI=1S/C16H30N2O2S/c1-16(2,3)20-15(19)18-14-6-4-5-13(11-14)17-12-7-9-21-10-8-12/h12-14,17H,4-11H2,1-3H3,(H,18,19). The summed E-state index contributed by atoms with van der Waals surface area (Å²) in [7, 11) is 0. The third kappa shape index (κ3) is 6.47. The van der Waals surface area contributed by atoms with Gasteiger partial charge in [-0.2, -0.15) is 11.8 Å². The Hall–Kier alpha value is -0.420. The summed E-state index contributed by atoms with van der Waals surface area (Å²) in [5, 5.41) is 6.84. The van der Waals surface area contributed by atoms with E-state index >= 15 is 0 Å². The van der Waals surface area contributed by atoms with E-state index in [0.717, 1.165) is 12.8 Å². The van der Waals surface area contributed by atoms with Crippen molar-refractivity contribution >= 4 is 17.9 Å². The predicted molar refractivity (Wildman–Crippen MR) is 88.9 cm³/mol. The molecule has 4 nitrogen and oxygen atoms in total. The first-order valence-electron chi connectivity index (χ1n) is 8.26. The van der Waals surface area contributed by atoms with Crippen LogP contribution in [0.2, 0.25) is 0 Å². The lowest BCUT2D eigenvalue weighted by Gasteiger charge is -2.34. The zero-order valence-electron chi connectivity index (χ0n) is 13.6. The second-order valence-corrected chi connectivity index (χ2v) is 8.48. The van der Waals surface area contributed by atoms with Gasteiger partial charge in [0.1, 0.15) is 5.60 Å². The van der Waals surface area contributed by atoms with Crippen LogP contribution in [0, 0.1) is 0 Å². The van der Waals surface area contributed by atoms with Gasteiger partial charge in [-0.3, -0.25) is 0 Å². The summed E-state index contributed by atoms with van der Waals surface area (Å²) in [6.07, 6.45) is 6.80. The second-order valence-electron chi connectivity index (χ2n) is 7.26. The monoisotopic (exact) mass is 314 g/mol. The van der Waals surface area contributed by atoms with E-state index in [1.54, 1.807) is 0 Å². The van der Waals surface area contributed by atoms with E-state index < -0.39 is 5.60 Å². The topological polar surface area (TPSA) is 50.4 Å². The molecule has 2 aliphatic rings. The molecule has 1 saturated heterocycles. The minimum Gasteiger partial charge on any atom is -0.444 e. The van der Waals surface area contributed by atoms with Crippen molar-refractivity contribution in [3.63, 3.8) is 0 Å². The van der Waals surface area contributed by atoms with Crippen molar-refractivity contribution in [2.24, 2.45) is 0 Å². The lowest BCUT2D eigenvalue weighted by atomic mass is 9.90. The van der Waals surface area contributed by atoms with Crippen molar-refractivity contribution in [2.75, 3.05) is 11.5 Å². The van der Waals surface area contributed by atoms with Gasteiger partial charge >= 0.3 is 6.09 Å². The number of hydrogen-bond donors (Lipinski definition) is 2. The van der Waals surface area contributed by atoms with Gasteiger partial charge in [0.2, 0.25) is 0 Å². The maximum absolute atomic E-state index is 11.9. The molecule has 0 aromatic heterocycles. The number of ether oxygens (including phenoxy) is 1. The maximum atomic E-state index is 11.9. The average molecular weight is 314 g/mol. The molecule has 2 rings (SSSR count). The molecule has 0 bridgehead atoms. The van der Waals surface area contributed by atoms with E-state index in [4.69, 9.17) is 4.74 Å². The third-order valence-electron chi connectivity index (χ3n) is 4.09. The lowest BCUT2D eigenvalue weighted by Crippen LogP contribution is -2.48. The molecule has 122 valence electrons. The van der Waals surface area contributed by atoms with Crippen LogP contribution in [-0.4, -0.2) is 41.3 Å². The summed E-state index contributed by atoms with van der Waals surface area (Å²) in [5.41, 5.74) is -0.420. The van der Waals surface area contributed by atoms with E-state index in [0.29, 0.717) is 12.1 Å². The van der Waals surface area contributed by atoms with Crippen molar-refractivity contribution in [1.29, 1.82) is 0 Å². The highest BCUT2D eigenvalue weighted by Gasteiger charge is 2.27. The van der Waals surface area contributed by atoms with Crippen molar-refractivity contribution in [1.82, 2.24) is 10.6 Å². The van der Waals surface area contributed by atoms with E-state index in [1.807, 2.05) is 20.8 Å². The molecule has 1 heterocycles. The van der Waals surface area contributed by atoms with Gasteiger partial charge < -0.3 is 15.4 Å². The molecule has 2 atom stereocenters. The van der Waals surface area contributed by atoms with Crippen LogP contribution in [0.5, 0.6) is 0 Å². The SMILES string of the molecule is CC(C)(C)OC(=O)NC1CCCC(NC2CCSCC2)C1. The molecule has 0 radical (unpaired) electrons. The Morgan fingerprint density at radius 1 is 1.05 bits per heavy atom. The van der Waals surface area contributed by atoms with Gasteiger partial charge in [0.15, 0.2) is 0 Å². The number of amides is 1. The third-order valence-corrected chi connectivity index (χ3v) is 5.14. The van der Waals surface area contributed by atoms with Gasteiger partial charge in [-0.25, -0.2) is 4.79 Å². The first kappa shape index (κ1) is 16.9. The summed E-state index contributed by atoms with van der Waals surface area (Å²) in [5.74, 6) is 2.56. The lowest BCUT2D eigenvalue weighted by molar-refractivity contribution is 0.0488. The highest BCUT2D eigenvalue weighted by Crippen LogP contribution is 2.23. The molecule has 1 aliphatic carbocycles. The zero-order valence-corrected chi connectivity index (χ0v) is 14.4. The Balaban J connectivity index is 1.73. The molecule has 5 heteroatoms. The minimum absolute atomic E-state index is 0.254. The molecule has 0 aromatic rings. The van der Waals surface area contributed by atoms with Gasteiger partial charge in [0.25, 0.3) is 0 Å². The second kappa shape index (κ2) is 7.73. The predicted octanol–water partition coefficient (Wildman–Crippen LogP) is 3.31. The summed E-state index contributed by atoms with van der Waals surface area (Å²) in [4.78, 5) is 11.9. The van der Waals surface area contributed by atoms with E-state index in [9.17, 15) is 4.79 Å². The number of nitrogens with one attached hydrogen (secondary N) is 2. The quantitative estimate of drug-likeness (QED) is 0.839. The van der Waals surface area contributed by atoms with Crippen LogP contribution >= 0.6 is 11.8 Å². The van der Waals surface area contributed by atoms with Crippen LogP contribution in [0.25, 0.3) is 0 Å². The molecule has 2 fully saturated rings. The fourth-order valence-corrected chi connectivity index (χ4v) is 4.25. The first-order valence-corrected chi connectivity index (χ1v) is 9.41. The number of carbonyl (C=O) groups excluding carboxylic acids is 1. The molecule has 2 N–H and O–H groups in total. The molecule has 0 aromatic carbocycles. The Kier molecular flexibility index (Phi) is 6.23. The number of rotatable bonds is 3. The average Bonchev–Trinajstić information content (AvgIpc) is 2.38. The Bertz CT molecular complexity index is 338. The maximum Gasteiger partial charge on any atom is 0.407 e. The van der Waals surface area contributed by atoms with Crippen molar-refractivity contribution < 1.29 is 9.53 Å². The van der Waals surface area contributed by atoms with Crippen molar-refractivity contribution in [3.8, 4) is 0 Å². The number of hydrogen-bond acceptors (Lipinski definition) is 4. The summed E-state index contributed by atoms with van der Waals surface area (Å²) in [6, 6.07) is 1.48. The molecule has 1 amide bonds. The van der Waals surface area contributed by atoms with Gasteiger partial charge in [-0.1, -0.05) is 0 Å². The Labute approximate surface area is 133 Å². The molecule has 21 heavy (non-hydrogen) atoms. The number of thioether (sulfide) groups is 1. The van der Waals surface area contributed by atoms with E-state index in [-0.39, 0.29) is 12.1 Å². The molecule has 1 aliphatic heterocycles. The molecule has 0 spiro atoms. The number of alkyl carbamates (subject to hydrolysis) is 1. The Morgan fingerprint density at radius 2 is 1.71 bits per heavy atom. The fourth-order valence-electron chi connectivity index (χ4n) is 3.14. The fraction of sp³-hybridized carbons (Fsp3) is 0.938. The highest BCUT2D eigenvalue weighted by atomic mass is 32.2. The van der Waals surface area contributed by atoms with Crippen molar-refractivity contribution in [2.45, 2.75) is 83.0 Å². The van der Waals surface area contributed by atoms with Crippen LogP contribution in [0.4, 0.5) is 4.79 Å². The normalized spacial score (nSPS) is 28.1. The van der Waals surface area contributed by atoms with Crippen LogP contribution in [-0.2, 0) is 4.74 Å². The van der Waals surface area contributed by atoms with Gasteiger partial charge in [0, 0.05) is 18.1 Å². The number of carbonyl (C=O) groups is 1. The van der Waals surface area contributed by atoms with E-state index in [1.165, 1.54) is 37.2 Å². The van der Waals surface area contributed by atoms with Gasteiger partial charge in [-0.15, -0.1) is 0 Å². The van der Waals surface area contributed by atoms with Gasteiger partial charge in [-0.05, 0) is 70.8 Å². The van der Waals surface area contributed by atoms with Gasteiger partial charge in [0.05, 0.1) is 0 Å². The molecular formula is C16H30N2O2S. The van der Waals surface area contributed by atoms with Crippen molar-refractivity contribution in [3.05, 3.63) is 0 Å². The summed E-state index contributed by atoms with van der Waals surface area (Å²) in [6.45, 7) is 5.71. The molecule has 1 saturated carbocycles. The van der Waals surface area contributed by atoms with Crippen LogP contribution in [0.15, 0.2) is 0 Å². The summed E-state index contributed by atoms with van der Waals surface area (Å²) < 4.78 is 5.35. The largest absolute Gasteiger partial charge is 0.444 e. The molecular weight excluding hydrogens is 284 g/mol.